The van der Waals surface area contributed by atoms with Gasteiger partial charge in [-0.1, -0.05) is 13.3 Å². The summed E-state index contributed by atoms with van der Waals surface area (Å²) in [7, 11) is 0. The minimum atomic E-state index is 0.235. The summed E-state index contributed by atoms with van der Waals surface area (Å²) in [6, 6.07) is 0. The van der Waals surface area contributed by atoms with Crippen molar-refractivity contribution in [1.29, 1.82) is 0 Å². The van der Waals surface area contributed by atoms with Crippen molar-refractivity contribution < 1.29 is 9.47 Å². The van der Waals surface area contributed by atoms with Gasteiger partial charge in [0.05, 0.1) is 18.8 Å². The average molecular weight is 174 g/mol. The topological polar surface area (TPSA) is 18.5 Å². The van der Waals surface area contributed by atoms with Gasteiger partial charge >= 0.3 is 0 Å². The van der Waals surface area contributed by atoms with Gasteiger partial charge < -0.3 is 9.47 Å². The fourth-order valence-corrected chi connectivity index (χ4v) is 0.805. The lowest BCUT2D eigenvalue weighted by Crippen LogP contribution is -2.19. The smallest absolute Gasteiger partial charge is 0.0780 e. The van der Waals surface area contributed by atoms with E-state index in [2.05, 4.69) is 13.8 Å². The predicted molar refractivity (Wildman–Crippen MR) is 51.4 cm³/mol. The van der Waals surface area contributed by atoms with Gasteiger partial charge in [0.1, 0.15) is 0 Å². The number of ether oxygens (including phenoxy) is 2. The summed E-state index contributed by atoms with van der Waals surface area (Å²) in [5.41, 5.74) is 0. The van der Waals surface area contributed by atoms with E-state index >= 15 is 0 Å². The second kappa shape index (κ2) is 7.56. The number of hydrogen-bond donors (Lipinski definition) is 0. The molecule has 0 spiro atoms. The SMILES string of the molecule is CCCCOC(C)COC(C)C. The molecule has 0 aliphatic heterocycles. The Hall–Kier alpha value is -0.0800. The summed E-state index contributed by atoms with van der Waals surface area (Å²) in [6.07, 6.45) is 2.88. The number of rotatable bonds is 7. The van der Waals surface area contributed by atoms with Crippen molar-refractivity contribution in [3.8, 4) is 0 Å². The molecular formula is C10H22O2. The van der Waals surface area contributed by atoms with Crippen molar-refractivity contribution >= 4 is 0 Å². The highest BCUT2D eigenvalue weighted by Crippen LogP contribution is 1.97. The highest BCUT2D eigenvalue weighted by Gasteiger charge is 2.02. The van der Waals surface area contributed by atoms with E-state index in [9.17, 15) is 0 Å². The second-order valence-corrected chi connectivity index (χ2v) is 3.42. The van der Waals surface area contributed by atoms with E-state index in [0.29, 0.717) is 12.7 Å². The molecule has 0 rings (SSSR count). The van der Waals surface area contributed by atoms with Crippen LogP contribution in [0.4, 0.5) is 0 Å². The molecule has 0 amide bonds. The predicted octanol–water partition coefficient (Wildman–Crippen LogP) is 2.62. The fourth-order valence-electron chi connectivity index (χ4n) is 0.805. The lowest BCUT2D eigenvalue weighted by atomic mass is 10.3. The van der Waals surface area contributed by atoms with Gasteiger partial charge in [0.25, 0.3) is 0 Å². The van der Waals surface area contributed by atoms with Crippen molar-refractivity contribution in [2.45, 2.75) is 52.7 Å². The Morgan fingerprint density at radius 2 is 1.75 bits per heavy atom. The van der Waals surface area contributed by atoms with E-state index in [1.807, 2.05) is 13.8 Å². The second-order valence-electron chi connectivity index (χ2n) is 3.42. The van der Waals surface area contributed by atoms with Gasteiger partial charge in [-0.15, -0.1) is 0 Å². The summed E-state index contributed by atoms with van der Waals surface area (Å²) in [6.45, 7) is 9.87. The fraction of sp³-hybridized carbons (Fsp3) is 1.00. The standard InChI is InChI=1S/C10H22O2/c1-5-6-7-11-10(4)8-12-9(2)3/h9-10H,5-8H2,1-4H3. The van der Waals surface area contributed by atoms with Crippen LogP contribution in [-0.4, -0.2) is 25.4 Å². The van der Waals surface area contributed by atoms with Crippen LogP contribution in [0, 0.1) is 0 Å². The molecule has 0 aromatic rings. The zero-order chi connectivity index (χ0) is 9.40. The third-order valence-corrected chi connectivity index (χ3v) is 1.56. The molecule has 0 aliphatic carbocycles. The molecule has 0 N–H and O–H groups in total. The van der Waals surface area contributed by atoms with E-state index in [4.69, 9.17) is 9.47 Å². The minimum absolute atomic E-state index is 0.235. The summed E-state index contributed by atoms with van der Waals surface area (Å²) in [5.74, 6) is 0. The first-order chi connectivity index (χ1) is 5.66. The molecule has 0 bridgehead atoms. The molecule has 2 heteroatoms. The first-order valence-electron chi connectivity index (χ1n) is 4.90. The van der Waals surface area contributed by atoms with Gasteiger partial charge in [-0.2, -0.15) is 0 Å². The van der Waals surface area contributed by atoms with Crippen LogP contribution in [0.5, 0.6) is 0 Å². The Morgan fingerprint density at radius 1 is 1.08 bits per heavy atom. The van der Waals surface area contributed by atoms with Gasteiger partial charge in [0.15, 0.2) is 0 Å². The lowest BCUT2D eigenvalue weighted by molar-refractivity contribution is -0.0270. The summed E-state index contributed by atoms with van der Waals surface area (Å²) < 4.78 is 10.9. The monoisotopic (exact) mass is 174 g/mol. The van der Waals surface area contributed by atoms with Crippen LogP contribution in [0.1, 0.15) is 40.5 Å². The molecule has 0 aliphatic rings. The molecule has 12 heavy (non-hydrogen) atoms. The molecule has 0 saturated carbocycles. The summed E-state index contributed by atoms with van der Waals surface area (Å²) in [4.78, 5) is 0. The van der Waals surface area contributed by atoms with E-state index in [1.54, 1.807) is 0 Å². The highest BCUT2D eigenvalue weighted by atomic mass is 16.5. The van der Waals surface area contributed by atoms with Crippen molar-refractivity contribution in [3.63, 3.8) is 0 Å². The van der Waals surface area contributed by atoms with E-state index < -0.39 is 0 Å². The van der Waals surface area contributed by atoms with Gasteiger partial charge in [0, 0.05) is 6.61 Å². The Labute approximate surface area is 76.3 Å². The Kier molecular flexibility index (Phi) is 7.51. The molecule has 0 saturated heterocycles. The van der Waals surface area contributed by atoms with Crippen molar-refractivity contribution in [1.82, 2.24) is 0 Å². The Bertz CT molecular complexity index is 91.8. The van der Waals surface area contributed by atoms with Crippen LogP contribution >= 0.6 is 0 Å². The highest BCUT2D eigenvalue weighted by molar-refractivity contribution is 4.48. The molecular weight excluding hydrogens is 152 g/mol. The average Bonchev–Trinajstić information content (AvgIpc) is 2.01. The van der Waals surface area contributed by atoms with E-state index in [1.165, 1.54) is 6.42 Å². The van der Waals surface area contributed by atoms with Crippen LogP contribution in [-0.2, 0) is 9.47 Å². The van der Waals surface area contributed by atoms with E-state index in [-0.39, 0.29) is 6.10 Å². The third kappa shape index (κ3) is 8.02. The molecule has 1 unspecified atom stereocenters. The Morgan fingerprint density at radius 3 is 2.25 bits per heavy atom. The molecule has 2 nitrogen and oxygen atoms in total. The maximum Gasteiger partial charge on any atom is 0.0780 e. The lowest BCUT2D eigenvalue weighted by Gasteiger charge is -2.14. The van der Waals surface area contributed by atoms with Gasteiger partial charge in [-0.05, 0) is 27.2 Å². The van der Waals surface area contributed by atoms with Crippen LogP contribution in [0.25, 0.3) is 0 Å². The maximum atomic E-state index is 5.51. The molecule has 0 aromatic heterocycles. The third-order valence-electron chi connectivity index (χ3n) is 1.56. The van der Waals surface area contributed by atoms with Crippen molar-refractivity contribution in [3.05, 3.63) is 0 Å². The van der Waals surface area contributed by atoms with Crippen molar-refractivity contribution in [2.24, 2.45) is 0 Å². The molecule has 0 heterocycles. The Balaban J connectivity index is 3.15. The van der Waals surface area contributed by atoms with E-state index in [0.717, 1.165) is 13.0 Å². The largest absolute Gasteiger partial charge is 0.376 e. The van der Waals surface area contributed by atoms with Crippen LogP contribution in [0.2, 0.25) is 0 Å². The molecule has 0 radical (unpaired) electrons. The van der Waals surface area contributed by atoms with Crippen LogP contribution < -0.4 is 0 Å². The molecule has 0 fully saturated rings. The number of unbranched alkanes of at least 4 members (excludes halogenated alkanes) is 1. The zero-order valence-electron chi connectivity index (χ0n) is 8.80. The first kappa shape index (κ1) is 11.9. The quantitative estimate of drug-likeness (QED) is 0.552. The molecule has 0 aromatic carbocycles. The first-order valence-corrected chi connectivity index (χ1v) is 4.90. The van der Waals surface area contributed by atoms with Gasteiger partial charge in [-0.25, -0.2) is 0 Å². The zero-order valence-corrected chi connectivity index (χ0v) is 8.80. The maximum absolute atomic E-state index is 5.51. The van der Waals surface area contributed by atoms with Gasteiger partial charge in [0.2, 0.25) is 0 Å². The summed E-state index contributed by atoms with van der Waals surface area (Å²) in [5, 5.41) is 0. The summed E-state index contributed by atoms with van der Waals surface area (Å²) >= 11 is 0. The minimum Gasteiger partial charge on any atom is -0.376 e. The van der Waals surface area contributed by atoms with Crippen LogP contribution in [0.3, 0.4) is 0 Å². The van der Waals surface area contributed by atoms with Gasteiger partial charge in [-0.3, -0.25) is 0 Å². The number of hydrogen-bond acceptors (Lipinski definition) is 2. The molecule has 74 valence electrons. The van der Waals surface area contributed by atoms with Crippen molar-refractivity contribution in [2.75, 3.05) is 13.2 Å². The van der Waals surface area contributed by atoms with Crippen LogP contribution in [0.15, 0.2) is 0 Å². The molecule has 1 atom stereocenters. The normalized spacial score (nSPS) is 13.8.